The fourth-order valence-electron chi connectivity index (χ4n) is 0.726. The van der Waals surface area contributed by atoms with Crippen LogP contribution in [0, 0.1) is 11.3 Å². The summed E-state index contributed by atoms with van der Waals surface area (Å²) in [6.07, 6.45) is 2.78. The van der Waals surface area contributed by atoms with Gasteiger partial charge in [0.2, 0.25) is 0 Å². The molecule has 58 valence electrons. The van der Waals surface area contributed by atoms with Crippen LogP contribution in [0.5, 0.6) is 0 Å². The number of rotatable bonds is 3. The highest BCUT2D eigenvalue weighted by Gasteiger charge is 2.19. The summed E-state index contributed by atoms with van der Waals surface area (Å²) in [7, 11) is 0. The van der Waals surface area contributed by atoms with Crippen LogP contribution in [-0.4, -0.2) is 17.0 Å². The van der Waals surface area contributed by atoms with Crippen LogP contribution in [0.2, 0.25) is 0 Å². The van der Waals surface area contributed by atoms with Crippen LogP contribution in [0.3, 0.4) is 0 Å². The Hall–Kier alpha value is -0.200. The minimum Gasteiger partial charge on any atom is -0.314 e. The molecule has 0 rings (SSSR count). The largest absolute Gasteiger partial charge is 0.314 e. The first-order valence-electron chi connectivity index (χ1n) is 3.25. The molecule has 0 aromatic rings. The molecule has 0 aliphatic rings. The maximum absolute atomic E-state index is 8.55. The molecule has 0 aromatic heterocycles. The highest BCUT2D eigenvalue weighted by atomic mass is 32.2. The van der Waals surface area contributed by atoms with Gasteiger partial charge in [-0.2, -0.15) is 17.0 Å². The van der Waals surface area contributed by atoms with Crippen molar-refractivity contribution in [2.75, 3.05) is 6.26 Å². The summed E-state index contributed by atoms with van der Waals surface area (Å²) < 4.78 is 0. The van der Waals surface area contributed by atoms with E-state index in [0.29, 0.717) is 5.25 Å². The zero-order valence-electron chi connectivity index (χ0n) is 6.72. The molecule has 2 unspecified atom stereocenters. The molecule has 2 atom stereocenters. The van der Waals surface area contributed by atoms with Gasteiger partial charge in [0, 0.05) is 5.25 Å². The van der Waals surface area contributed by atoms with E-state index in [0.717, 1.165) is 6.42 Å². The Labute approximate surface area is 66.8 Å². The summed E-state index contributed by atoms with van der Waals surface area (Å²) in [5.74, 6) is 0. The lowest BCUT2D eigenvalue weighted by Crippen LogP contribution is -2.36. The molecule has 0 heterocycles. The molecule has 0 aliphatic carbocycles. The normalized spacial score (nSPS) is 19.1. The van der Waals surface area contributed by atoms with Crippen LogP contribution >= 0.6 is 11.8 Å². The third-order valence-electron chi connectivity index (χ3n) is 1.37. The molecule has 0 bridgehead atoms. The van der Waals surface area contributed by atoms with Gasteiger partial charge < -0.3 is 5.73 Å². The van der Waals surface area contributed by atoms with Crippen LogP contribution < -0.4 is 5.73 Å². The van der Waals surface area contributed by atoms with Gasteiger partial charge in [0.05, 0.1) is 6.07 Å². The molecule has 0 fully saturated rings. The van der Waals surface area contributed by atoms with Gasteiger partial charge >= 0.3 is 0 Å². The number of thioether (sulfide) groups is 1. The van der Waals surface area contributed by atoms with E-state index in [1.165, 1.54) is 0 Å². The number of nitrogens with zero attached hydrogens (tertiary/aromatic N) is 1. The number of hydrogen-bond donors (Lipinski definition) is 1. The predicted octanol–water partition coefficient (Wildman–Crippen LogP) is 1.37. The number of nitrogens with two attached hydrogens (primary N) is 1. The minimum absolute atomic E-state index is 0.467. The second kappa shape index (κ2) is 3.85. The van der Waals surface area contributed by atoms with Crippen LogP contribution in [0.1, 0.15) is 20.3 Å². The van der Waals surface area contributed by atoms with E-state index in [-0.39, 0.29) is 0 Å². The van der Waals surface area contributed by atoms with Crippen molar-refractivity contribution < 1.29 is 0 Å². The van der Waals surface area contributed by atoms with Crippen LogP contribution in [0.4, 0.5) is 0 Å². The number of nitriles is 1. The molecule has 0 spiro atoms. The summed E-state index contributed by atoms with van der Waals surface area (Å²) in [5.41, 5.74) is 4.97. The first-order valence-corrected chi connectivity index (χ1v) is 4.53. The lowest BCUT2D eigenvalue weighted by molar-refractivity contribution is 0.546. The SMILES string of the molecule is CSC(C)CC(C)(N)C#N. The van der Waals surface area contributed by atoms with Gasteiger partial charge in [0.15, 0.2) is 0 Å². The predicted molar refractivity (Wildman–Crippen MR) is 45.8 cm³/mol. The highest BCUT2D eigenvalue weighted by molar-refractivity contribution is 7.99. The maximum atomic E-state index is 8.55. The Morgan fingerprint density at radius 3 is 2.60 bits per heavy atom. The van der Waals surface area contributed by atoms with Crippen LogP contribution in [0.25, 0.3) is 0 Å². The molecule has 0 saturated carbocycles. The van der Waals surface area contributed by atoms with Crippen molar-refractivity contribution in [1.82, 2.24) is 0 Å². The van der Waals surface area contributed by atoms with Gasteiger partial charge in [-0.1, -0.05) is 6.92 Å². The molecule has 0 amide bonds. The lowest BCUT2D eigenvalue weighted by Gasteiger charge is -2.18. The Balaban J connectivity index is 3.79. The van der Waals surface area contributed by atoms with Crippen molar-refractivity contribution >= 4 is 11.8 Å². The number of hydrogen-bond acceptors (Lipinski definition) is 3. The lowest BCUT2D eigenvalue weighted by atomic mass is 10.00. The van der Waals surface area contributed by atoms with Crippen molar-refractivity contribution in [3.05, 3.63) is 0 Å². The molecule has 2 N–H and O–H groups in total. The van der Waals surface area contributed by atoms with Gasteiger partial charge in [0.1, 0.15) is 5.54 Å². The van der Waals surface area contributed by atoms with Crippen molar-refractivity contribution in [2.24, 2.45) is 5.73 Å². The summed E-state index contributed by atoms with van der Waals surface area (Å²) in [6.45, 7) is 3.84. The van der Waals surface area contributed by atoms with Crippen molar-refractivity contribution in [3.8, 4) is 6.07 Å². The molecule has 10 heavy (non-hydrogen) atoms. The summed E-state index contributed by atoms with van der Waals surface area (Å²) in [5, 5.41) is 9.02. The standard InChI is InChI=1S/C7H14N2S/c1-6(10-3)4-7(2,9)5-8/h6H,4,9H2,1-3H3. The third-order valence-corrected chi connectivity index (χ3v) is 2.34. The zero-order chi connectivity index (χ0) is 8.20. The van der Waals surface area contributed by atoms with Crippen LogP contribution in [0.15, 0.2) is 0 Å². The summed E-state index contributed by atoms with van der Waals surface area (Å²) in [6, 6.07) is 2.07. The molecule has 0 aromatic carbocycles. The fourth-order valence-corrected chi connectivity index (χ4v) is 1.24. The quantitative estimate of drug-likeness (QED) is 0.675. The molecule has 2 nitrogen and oxygen atoms in total. The molecular weight excluding hydrogens is 144 g/mol. The molecule has 0 radical (unpaired) electrons. The van der Waals surface area contributed by atoms with Gasteiger partial charge in [0.25, 0.3) is 0 Å². The zero-order valence-corrected chi connectivity index (χ0v) is 7.53. The van der Waals surface area contributed by atoms with Crippen molar-refractivity contribution in [3.63, 3.8) is 0 Å². The van der Waals surface area contributed by atoms with E-state index in [1.807, 2.05) is 6.26 Å². The average molecular weight is 158 g/mol. The Kier molecular flexibility index (Phi) is 3.77. The van der Waals surface area contributed by atoms with Gasteiger partial charge in [-0.15, -0.1) is 0 Å². The Morgan fingerprint density at radius 2 is 2.30 bits per heavy atom. The Bertz CT molecular complexity index is 137. The van der Waals surface area contributed by atoms with E-state index >= 15 is 0 Å². The Morgan fingerprint density at radius 1 is 1.80 bits per heavy atom. The van der Waals surface area contributed by atoms with Crippen molar-refractivity contribution in [2.45, 2.75) is 31.1 Å². The van der Waals surface area contributed by atoms with Gasteiger partial charge in [-0.25, -0.2) is 0 Å². The van der Waals surface area contributed by atoms with E-state index in [2.05, 4.69) is 13.0 Å². The van der Waals surface area contributed by atoms with Crippen LogP contribution in [-0.2, 0) is 0 Å². The maximum Gasteiger partial charge on any atom is 0.102 e. The first kappa shape index (κ1) is 9.80. The monoisotopic (exact) mass is 158 g/mol. The summed E-state index contributed by atoms with van der Waals surface area (Å²) in [4.78, 5) is 0. The highest BCUT2D eigenvalue weighted by Crippen LogP contribution is 2.16. The van der Waals surface area contributed by atoms with Crippen molar-refractivity contribution in [1.29, 1.82) is 5.26 Å². The minimum atomic E-state index is -0.650. The molecule has 0 saturated heterocycles. The molecule has 3 heteroatoms. The second-order valence-corrected chi connectivity index (χ2v) is 4.06. The van der Waals surface area contributed by atoms with Gasteiger partial charge in [-0.3, -0.25) is 0 Å². The molecule has 0 aliphatic heterocycles. The first-order chi connectivity index (χ1) is 4.52. The van der Waals surface area contributed by atoms with E-state index in [9.17, 15) is 0 Å². The van der Waals surface area contributed by atoms with Gasteiger partial charge in [-0.05, 0) is 19.6 Å². The third kappa shape index (κ3) is 3.76. The topological polar surface area (TPSA) is 49.8 Å². The summed E-state index contributed by atoms with van der Waals surface area (Å²) >= 11 is 1.74. The smallest absolute Gasteiger partial charge is 0.102 e. The molecular formula is C7H14N2S. The van der Waals surface area contributed by atoms with E-state index < -0.39 is 5.54 Å². The van der Waals surface area contributed by atoms with E-state index in [1.54, 1.807) is 18.7 Å². The fraction of sp³-hybridized carbons (Fsp3) is 0.857. The second-order valence-electron chi connectivity index (χ2n) is 2.78. The average Bonchev–Trinajstić information content (AvgIpc) is 1.87. The van der Waals surface area contributed by atoms with E-state index in [4.69, 9.17) is 11.0 Å².